The van der Waals surface area contributed by atoms with E-state index in [2.05, 4.69) is 40.3 Å². The molecule has 3 aliphatic rings. The fourth-order valence-electron chi connectivity index (χ4n) is 5.18. The lowest BCUT2D eigenvalue weighted by Crippen LogP contribution is -2.35. The van der Waals surface area contributed by atoms with Crippen LogP contribution in [0.5, 0.6) is 11.5 Å². The molecule has 30 heavy (non-hydrogen) atoms. The third kappa shape index (κ3) is 2.81. The Bertz CT molecular complexity index is 1180. The highest BCUT2D eigenvalue weighted by Crippen LogP contribution is 2.51. The Hall–Kier alpha value is -2.89. The molecule has 150 valence electrons. The molecule has 2 aromatic carbocycles. The second-order valence-electron chi connectivity index (χ2n) is 8.34. The van der Waals surface area contributed by atoms with Gasteiger partial charge in [-0.05, 0) is 71.8 Å². The summed E-state index contributed by atoms with van der Waals surface area (Å²) in [6.07, 6.45) is 4.53. The molecule has 2 N–H and O–H groups in total. The summed E-state index contributed by atoms with van der Waals surface area (Å²) in [6.45, 7) is 0. The molecule has 6 rings (SSSR count). The van der Waals surface area contributed by atoms with Crippen molar-refractivity contribution in [2.75, 3.05) is 0 Å². The highest BCUT2D eigenvalue weighted by molar-refractivity contribution is 7.08. The number of piperidine rings is 1. The van der Waals surface area contributed by atoms with Gasteiger partial charge in [0.15, 0.2) is 0 Å². The number of carbonyl (C=O) groups is 1. The Morgan fingerprint density at radius 3 is 2.57 bits per heavy atom. The van der Waals surface area contributed by atoms with Crippen molar-refractivity contribution < 1.29 is 14.6 Å². The molecular formula is C25H21NO3S. The van der Waals surface area contributed by atoms with Gasteiger partial charge in [0.2, 0.25) is 0 Å². The monoisotopic (exact) mass is 415 g/mol. The second-order valence-corrected chi connectivity index (χ2v) is 9.12. The molecule has 5 heteroatoms. The molecule has 0 amide bonds. The fourth-order valence-corrected chi connectivity index (χ4v) is 5.83. The molecule has 1 aromatic heterocycles. The summed E-state index contributed by atoms with van der Waals surface area (Å²) in [5.41, 5.74) is 7.24. The van der Waals surface area contributed by atoms with Crippen LogP contribution in [-0.2, 0) is 0 Å². The van der Waals surface area contributed by atoms with E-state index in [0.29, 0.717) is 17.8 Å². The van der Waals surface area contributed by atoms with Gasteiger partial charge in [-0.15, -0.1) is 0 Å². The number of hydrogen-bond acceptors (Lipinski definition) is 4. The minimum Gasteiger partial charge on any atom is -0.478 e. The first-order chi connectivity index (χ1) is 14.7. The predicted molar refractivity (Wildman–Crippen MR) is 118 cm³/mol. The van der Waals surface area contributed by atoms with Gasteiger partial charge in [0.25, 0.3) is 0 Å². The Kier molecular flexibility index (Phi) is 4.08. The summed E-state index contributed by atoms with van der Waals surface area (Å²) in [4.78, 5) is 11.6. The maximum atomic E-state index is 11.6. The zero-order chi connectivity index (χ0) is 20.2. The van der Waals surface area contributed by atoms with Crippen molar-refractivity contribution in [3.63, 3.8) is 0 Å². The Labute approximate surface area is 178 Å². The molecule has 3 aromatic rings. The number of rotatable bonds is 2. The zero-order valence-corrected chi connectivity index (χ0v) is 17.2. The molecule has 0 spiro atoms. The van der Waals surface area contributed by atoms with Gasteiger partial charge in [-0.25, -0.2) is 4.79 Å². The number of carboxylic acids is 1. The summed E-state index contributed by atoms with van der Waals surface area (Å²) < 4.78 is 6.41. The number of thiophene rings is 1. The third-order valence-electron chi connectivity index (χ3n) is 6.50. The largest absolute Gasteiger partial charge is 0.478 e. The van der Waals surface area contributed by atoms with Crippen molar-refractivity contribution in [1.82, 2.24) is 5.32 Å². The maximum absolute atomic E-state index is 11.6. The molecule has 4 nitrogen and oxygen atoms in total. The number of aromatic carboxylic acids is 1. The van der Waals surface area contributed by atoms with Crippen molar-refractivity contribution >= 4 is 22.9 Å². The molecule has 0 radical (unpaired) electrons. The van der Waals surface area contributed by atoms with Crippen LogP contribution in [0.2, 0.25) is 0 Å². The first-order valence-corrected chi connectivity index (χ1v) is 11.3. The van der Waals surface area contributed by atoms with E-state index in [-0.39, 0.29) is 5.56 Å². The van der Waals surface area contributed by atoms with Gasteiger partial charge in [-0.2, -0.15) is 11.3 Å². The molecule has 2 unspecified atom stereocenters. The van der Waals surface area contributed by atoms with Crippen molar-refractivity contribution in [3.8, 4) is 22.6 Å². The van der Waals surface area contributed by atoms with Crippen molar-refractivity contribution in [2.24, 2.45) is 0 Å². The van der Waals surface area contributed by atoms with E-state index in [1.54, 1.807) is 23.5 Å². The topological polar surface area (TPSA) is 58.6 Å². The Morgan fingerprint density at radius 2 is 1.83 bits per heavy atom. The average Bonchev–Trinajstić information content (AvgIpc) is 3.40. The summed E-state index contributed by atoms with van der Waals surface area (Å²) in [6, 6.07) is 14.8. The summed E-state index contributed by atoms with van der Waals surface area (Å²) in [7, 11) is 0. The van der Waals surface area contributed by atoms with Crippen LogP contribution in [0.3, 0.4) is 0 Å². The van der Waals surface area contributed by atoms with E-state index in [1.165, 1.54) is 24.0 Å². The lowest BCUT2D eigenvalue weighted by Gasteiger charge is -2.31. The van der Waals surface area contributed by atoms with E-state index in [4.69, 9.17) is 4.74 Å². The van der Waals surface area contributed by atoms with E-state index in [1.807, 2.05) is 6.07 Å². The van der Waals surface area contributed by atoms with E-state index >= 15 is 0 Å². The Balaban J connectivity index is 1.60. The van der Waals surface area contributed by atoms with Crippen LogP contribution < -0.4 is 10.1 Å². The maximum Gasteiger partial charge on any atom is 0.335 e. The van der Waals surface area contributed by atoms with Crippen LogP contribution in [0.15, 0.2) is 58.8 Å². The van der Waals surface area contributed by atoms with Crippen LogP contribution in [-0.4, -0.2) is 23.2 Å². The molecule has 2 bridgehead atoms. The first-order valence-electron chi connectivity index (χ1n) is 10.4. The van der Waals surface area contributed by atoms with E-state index in [9.17, 15) is 9.90 Å². The lowest BCUT2D eigenvalue weighted by atomic mass is 9.83. The average molecular weight is 416 g/mol. The van der Waals surface area contributed by atoms with Gasteiger partial charge < -0.3 is 15.2 Å². The minimum absolute atomic E-state index is 0.250. The van der Waals surface area contributed by atoms with Crippen LogP contribution in [0.1, 0.15) is 47.2 Å². The van der Waals surface area contributed by atoms with E-state index < -0.39 is 5.97 Å². The number of nitrogens with one attached hydrogen (secondary N) is 1. The molecule has 0 aliphatic carbocycles. The molecule has 2 fully saturated rings. The number of para-hydroxylation sites is 1. The van der Waals surface area contributed by atoms with Crippen molar-refractivity contribution in [1.29, 1.82) is 0 Å². The number of carboxylic acid groups (broad SMARTS) is 1. The van der Waals surface area contributed by atoms with Crippen LogP contribution in [0, 0.1) is 0 Å². The SMILES string of the molecule is O=C(O)c1ccc2c(c1)Oc1c(cccc1-c1ccsc1)C2=C1CC2CCC(C1)N2. The summed E-state index contributed by atoms with van der Waals surface area (Å²) >= 11 is 1.66. The quantitative estimate of drug-likeness (QED) is 0.426. The van der Waals surface area contributed by atoms with E-state index in [0.717, 1.165) is 40.8 Å². The molecule has 0 saturated carbocycles. The summed E-state index contributed by atoms with van der Waals surface area (Å²) in [5, 5.41) is 17.4. The zero-order valence-electron chi connectivity index (χ0n) is 16.4. The molecule has 4 heterocycles. The van der Waals surface area contributed by atoms with Gasteiger partial charge in [-0.1, -0.05) is 23.8 Å². The number of fused-ring (bicyclic) bond motifs is 4. The number of hydrogen-bond donors (Lipinski definition) is 2. The van der Waals surface area contributed by atoms with Gasteiger partial charge in [-0.3, -0.25) is 0 Å². The smallest absolute Gasteiger partial charge is 0.335 e. The molecule has 3 aliphatic heterocycles. The first kappa shape index (κ1) is 17.9. The van der Waals surface area contributed by atoms with Gasteiger partial charge in [0.05, 0.1) is 5.56 Å². The lowest BCUT2D eigenvalue weighted by molar-refractivity contribution is 0.0696. The summed E-state index contributed by atoms with van der Waals surface area (Å²) in [5.74, 6) is 0.533. The van der Waals surface area contributed by atoms with Gasteiger partial charge >= 0.3 is 5.97 Å². The second kappa shape index (κ2) is 6.83. The Morgan fingerprint density at radius 1 is 1.03 bits per heavy atom. The number of ether oxygens (including phenoxy) is 1. The van der Waals surface area contributed by atoms with Gasteiger partial charge in [0.1, 0.15) is 11.5 Å². The molecular weight excluding hydrogens is 394 g/mol. The highest BCUT2D eigenvalue weighted by Gasteiger charge is 2.35. The normalized spacial score (nSPS) is 21.7. The van der Waals surface area contributed by atoms with Crippen LogP contribution >= 0.6 is 11.3 Å². The van der Waals surface area contributed by atoms with Crippen molar-refractivity contribution in [2.45, 2.75) is 37.8 Å². The fraction of sp³-hybridized carbons (Fsp3) is 0.240. The van der Waals surface area contributed by atoms with Crippen LogP contribution in [0.4, 0.5) is 0 Å². The standard InChI is InChI=1S/C25H21NO3S/c27-25(28)14-4-7-20-22(12-14)29-24-19(15-8-9-30-13-15)2-1-3-21(24)23(20)16-10-17-5-6-18(11-16)26-17/h1-4,7-9,12-13,17-18,26H,5-6,10-11H2,(H,27,28). The third-order valence-corrected chi connectivity index (χ3v) is 7.18. The molecule has 2 atom stereocenters. The highest BCUT2D eigenvalue weighted by atomic mass is 32.1. The molecule has 2 saturated heterocycles. The van der Waals surface area contributed by atoms with Crippen molar-refractivity contribution in [3.05, 3.63) is 75.5 Å². The van der Waals surface area contributed by atoms with Crippen LogP contribution in [0.25, 0.3) is 16.7 Å². The number of benzene rings is 2. The minimum atomic E-state index is -0.938. The van der Waals surface area contributed by atoms with Gasteiger partial charge in [0, 0.05) is 28.8 Å². The predicted octanol–water partition coefficient (Wildman–Crippen LogP) is 5.94.